The highest BCUT2D eigenvalue weighted by atomic mass is 16.6. The van der Waals surface area contributed by atoms with Crippen molar-refractivity contribution in [1.82, 2.24) is 4.90 Å². The molecule has 0 aliphatic carbocycles. The van der Waals surface area contributed by atoms with Crippen molar-refractivity contribution >= 4 is 12.1 Å². The second-order valence-corrected chi connectivity index (χ2v) is 6.83. The molecule has 0 aromatic carbocycles. The summed E-state index contributed by atoms with van der Waals surface area (Å²) in [7, 11) is 1.25. The van der Waals surface area contributed by atoms with Crippen molar-refractivity contribution in [2.45, 2.75) is 46.3 Å². The number of carbonyl (C=O) groups excluding carboxylic acids is 2. The summed E-state index contributed by atoms with van der Waals surface area (Å²) >= 11 is 0. The van der Waals surface area contributed by atoms with E-state index in [2.05, 4.69) is 4.74 Å². The van der Waals surface area contributed by atoms with E-state index in [4.69, 9.17) is 4.74 Å². The number of rotatable bonds is 3. The first-order valence-electron chi connectivity index (χ1n) is 6.73. The molecule has 1 saturated heterocycles. The molecule has 1 aliphatic rings. The van der Waals surface area contributed by atoms with Gasteiger partial charge in [0.05, 0.1) is 7.11 Å². The molecule has 1 aliphatic heterocycles. The zero-order valence-corrected chi connectivity index (χ0v) is 13.1. The van der Waals surface area contributed by atoms with Gasteiger partial charge in [0.15, 0.2) is 6.10 Å². The minimum Gasteiger partial charge on any atom is -0.467 e. The summed E-state index contributed by atoms with van der Waals surface area (Å²) in [4.78, 5) is 24.8. The number of amides is 1. The molecule has 1 heterocycles. The molecule has 0 bridgehead atoms. The van der Waals surface area contributed by atoms with E-state index in [0.29, 0.717) is 13.1 Å². The van der Waals surface area contributed by atoms with Crippen molar-refractivity contribution in [2.75, 3.05) is 20.2 Å². The first-order valence-corrected chi connectivity index (χ1v) is 6.73. The number of likely N-dealkylation sites (tertiary alicyclic amines) is 1. The predicted molar refractivity (Wildman–Crippen MR) is 73.1 cm³/mol. The monoisotopic (exact) mass is 287 g/mol. The van der Waals surface area contributed by atoms with Crippen LogP contribution in [0.25, 0.3) is 0 Å². The van der Waals surface area contributed by atoms with Gasteiger partial charge in [0.2, 0.25) is 0 Å². The third kappa shape index (κ3) is 3.62. The average Bonchev–Trinajstić information content (AvgIpc) is 2.21. The van der Waals surface area contributed by atoms with E-state index in [-0.39, 0.29) is 12.0 Å². The van der Waals surface area contributed by atoms with E-state index in [1.54, 1.807) is 18.7 Å². The van der Waals surface area contributed by atoms with Gasteiger partial charge in [-0.25, -0.2) is 9.59 Å². The number of hydrogen-bond acceptors (Lipinski definition) is 5. The molecule has 1 fully saturated rings. The first kappa shape index (κ1) is 16.8. The lowest BCUT2D eigenvalue weighted by Gasteiger charge is -2.48. The Bertz CT molecular complexity index is 380. The maximum atomic E-state index is 11.8. The van der Waals surface area contributed by atoms with E-state index in [9.17, 15) is 14.7 Å². The Hall–Kier alpha value is -1.30. The van der Waals surface area contributed by atoms with Crippen molar-refractivity contribution in [1.29, 1.82) is 0 Å². The lowest BCUT2D eigenvalue weighted by Crippen LogP contribution is -2.59. The topological polar surface area (TPSA) is 76.1 Å². The minimum atomic E-state index is -1.20. The Morgan fingerprint density at radius 1 is 1.20 bits per heavy atom. The van der Waals surface area contributed by atoms with Gasteiger partial charge in [-0.05, 0) is 20.8 Å². The van der Waals surface area contributed by atoms with E-state index >= 15 is 0 Å². The number of methoxy groups -OCH3 is 1. The number of carbonyl (C=O) groups is 2. The van der Waals surface area contributed by atoms with Crippen LogP contribution < -0.4 is 0 Å². The molecule has 0 spiro atoms. The highest BCUT2D eigenvalue weighted by Gasteiger charge is 2.48. The van der Waals surface area contributed by atoms with Gasteiger partial charge in [0.1, 0.15) is 5.60 Å². The second kappa shape index (κ2) is 5.60. The standard InChI is InChI=1S/C14H25NO5/c1-13(2,3)20-12(18)15-7-9(8-15)14(4,5)10(16)11(17)19-6/h9-10,16H,7-8H2,1-6H3. The van der Waals surface area contributed by atoms with Crippen molar-refractivity contribution in [3.05, 3.63) is 0 Å². The maximum Gasteiger partial charge on any atom is 0.410 e. The molecule has 1 amide bonds. The average molecular weight is 287 g/mol. The lowest BCUT2D eigenvalue weighted by molar-refractivity contribution is -0.162. The van der Waals surface area contributed by atoms with Crippen LogP contribution in [0.4, 0.5) is 4.79 Å². The number of ether oxygens (including phenoxy) is 2. The number of hydrogen-bond donors (Lipinski definition) is 1. The molecule has 0 saturated carbocycles. The number of aliphatic hydroxyl groups is 1. The van der Waals surface area contributed by atoms with Crippen LogP contribution in [0.2, 0.25) is 0 Å². The van der Waals surface area contributed by atoms with Crippen molar-refractivity contribution in [3.63, 3.8) is 0 Å². The fraction of sp³-hybridized carbons (Fsp3) is 0.857. The van der Waals surface area contributed by atoms with Crippen LogP contribution in [0.1, 0.15) is 34.6 Å². The van der Waals surface area contributed by atoms with Gasteiger partial charge in [-0.3, -0.25) is 0 Å². The molecule has 1 atom stereocenters. The molecule has 116 valence electrons. The van der Waals surface area contributed by atoms with E-state index < -0.39 is 23.1 Å². The fourth-order valence-electron chi connectivity index (χ4n) is 2.06. The highest BCUT2D eigenvalue weighted by molar-refractivity contribution is 5.75. The Labute approximate surface area is 120 Å². The van der Waals surface area contributed by atoms with Crippen LogP contribution in [0.5, 0.6) is 0 Å². The number of nitrogens with zero attached hydrogens (tertiary/aromatic N) is 1. The molecule has 0 aromatic heterocycles. The van der Waals surface area contributed by atoms with Crippen LogP contribution in [0.15, 0.2) is 0 Å². The first-order chi connectivity index (χ1) is 8.99. The summed E-state index contributed by atoms with van der Waals surface area (Å²) in [6, 6.07) is 0. The normalized spacial score (nSPS) is 18.2. The van der Waals surface area contributed by atoms with Crippen molar-refractivity contribution < 1.29 is 24.2 Å². The molecule has 20 heavy (non-hydrogen) atoms. The van der Waals surface area contributed by atoms with Crippen molar-refractivity contribution in [3.8, 4) is 0 Å². The molecular weight excluding hydrogens is 262 g/mol. The minimum absolute atomic E-state index is 0.0316. The summed E-state index contributed by atoms with van der Waals surface area (Å²) < 4.78 is 9.83. The molecular formula is C14H25NO5. The van der Waals surface area contributed by atoms with Crippen LogP contribution in [-0.2, 0) is 14.3 Å². The van der Waals surface area contributed by atoms with Gasteiger partial charge in [-0.15, -0.1) is 0 Å². The molecule has 1 unspecified atom stereocenters. The lowest BCUT2D eigenvalue weighted by atomic mass is 9.70. The predicted octanol–water partition coefficient (Wildman–Crippen LogP) is 1.41. The fourth-order valence-corrected chi connectivity index (χ4v) is 2.06. The van der Waals surface area contributed by atoms with Gasteiger partial charge in [-0.2, -0.15) is 0 Å². The molecule has 1 N–H and O–H groups in total. The van der Waals surface area contributed by atoms with E-state index in [1.807, 2.05) is 20.8 Å². The quantitative estimate of drug-likeness (QED) is 0.794. The second-order valence-electron chi connectivity index (χ2n) is 6.83. The Balaban J connectivity index is 2.55. The summed E-state index contributed by atoms with van der Waals surface area (Å²) in [5.41, 5.74) is -1.17. The number of aliphatic hydroxyl groups excluding tert-OH is 1. The summed E-state index contributed by atoms with van der Waals surface area (Å²) in [6.45, 7) is 9.97. The summed E-state index contributed by atoms with van der Waals surface area (Å²) in [6.07, 6.45) is -1.56. The van der Waals surface area contributed by atoms with Crippen LogP contribution in [0, 0.1) is 11.3 Å². The molecule has 6 heteroatoms. The third-order valence-corrected chi connectivity index (χ3v) is 3.71. The van der Waals surface area contributed by atoms with Gasteiger partial charge in [0.25, 0.3) is 0 Å². The third-order valence-electron chi connectivity index (χ3n) is 3.71. The Morgan fingerprint density at radius 3 is 2.10 bits per heavy atom. The highest BCUT2D eigenvalue weighted by Crippen LogP contribution is 2.38. The summed E-state index contributed by atoms with van der Waals surface area (Å²) in [5, 5.41) is 9.98. The summed E-state index contributed by atoms with van der Waals surface area (Å²) in [5.74, 6) is -0.616. The molecule has 6 nitrogen and oxygen atoms in total. The van der Waals surface area contributed by atoms with Crippen LogP contribution in [0.3, 0.4) is 0 Å². The Kier molecular flexibility index (Phi) is 4.69. The van der Waals surface area contributed by atoms with Gasteiger partial charge in [-0.1, -0.05) is 13.8 Å². The maximum absolute atomic E-state index is 11.8. The zero-order valence-electron chi connectivity index (χ0n) is 13.1. The smallest absolute Gasteiger partial charge is 0.410 e. The van der Waals surface area contributed by atoms with Crippen molar-refractivity contribution in [2.24, 2.45) is 11.3 Å². The van der Waals surface area contributed by atoms with Gasteiger partial charge in [0, 0.05) is 24.4 Å². The molecule has 0 radical (unpaired) electrons. The Morgan fingerprint density at radius 2 is 1.70 bits per heavy atom. The van der Waals surface area contributed by atoms with Crippen LogP contribution >= 0.6 is 0 Å². The van der Waals surface area contributed by atoms with Crippen LogP contribution in [-0.4, -0.2) is 54.0 Å². The van der Waals surface area contributed by atoms with E-state index in [0.717, 1.165) is 0 Å². The SMILES string of the molecule is COC(=O)C(O)C(C)(C)C1CN(C(=O)OC(C)(C)C)C1. The van der Waals surface area contributed by atoms with E-state index in [1.165, 1.54) is 7.11 Å². The number of esters is 1. The zero-order chi connectivity index (χ0) is 15.7. The van der Waals surface area contributed by atoms with Gasteiger partial charge >= 0.3 is 12.1 Å². The molecule has 1 rings (SSSR count). The van der Waals surface area contributed by atoms with Gasteiger partial charge < -0.3 is 19.5 Å². The molecule has 0 aromatic rings. The largest absolute Gasteiger partial charge is 0.467 e.